The summed E-state index contributed by atoms with van der Waals surface area (Å²) in [5, 5.41) is 4.98. The molecule has 1 aliphatic heterocycles. The number of ether oxygens (including phenoxy) is 1. The number of aryl methyl sites for hydroxylation is 1. The Morgan fingerprint density at radius 1 is 1.28 bits per heavy atom. The Morgan fingerprint density at radius 3 is 2.69 bits per heavy atom. The van der Waals surface area contributed by atoms with Gasteiger partial charge in [0.1, 0.15) is 12.4 Å². The van der Waals surface area contributed by atoms with Gasteiger partial charge in [-0.2, -0.15) is 4.37 Å². The van der Waals surface area contributed by atoms with Crippen LogP contribution in [0, 0.1) is 0 Å². The number of guanidine groups is 1. The third-order valence-corrected chi connectivity index (χ3v) is 5.30. The highest BCUT2D eigenvalue weighted by atomic mass is 127. The Hall–Kier alpha value is -1.40. The SMILES string of the molecule is CCNC(=NCCOc1ccc(Cl)cn1)N1CCN(c2nc(CC)ns2)CC1.I. The fraction of sp³-hybridized carbons (Fsp3) is 0.556. The number of anilines is 1. The summed E-state index contributed by atoms with van der Waals surface area (Å²) < 4.78 is 10.0. The Labute approximate surface area is 197 Å². The third-order valence-electron chi connectivity index (χ3n) is 4.26. The van der Waals surface area contributed by atoms with Crippen LogP contribution < -0.4 is 15.0 Å². The van der Waals surface area contributed by atoms with Crippen LogP contribution >= 0.6 is 47.1 Å². The van der Waals surface area contributed by atoms with E-state index in [1.807, 2.05) is 0 Å². The van der Waals surface area contributed by atoms with Gasteiger partial charge in [-0.05, 0) is 13.0 Å². The maximum Gasteiger partial charge on any atom is 0.213 e. The normalized spacial score (nSPS) is 14.5. The molecule has 3 rings (SSSR count). The fourth-order valence-electron chi connectivity index (χ4n) is 2.80. The minimum absolute atomic E-state index is 0. The van der Waals surface area contributed by atoms with Gasteiger partial charge in [0.25, 0.3) is 0 Å². The molecule has 1 N–H and O–H groups in total. The van der Waals surface area contributed by atoms with Gasteiger partial charge in [0.2, 0.25) is 11.0 Å². The number of hydrogen-bond acceptors (Lipinski definition) is 7. The van der Waals surface area contributed by atoms with Gasteiger partial charge in [-0.25, -0.2) is 15.0 Å². The van der Waals surface area contributed by atoms with Crippen LogP contribution in [-0.4, -0.2) is 71.1 Å². The van der Waals surface area contributed by atoms with Crippen LogP contribution in [0.4, 0.5) is 5.13 Å². The van der Waals surface area contributed by atoms with Crippen LogP contribution in [0.5, 0.6) is 5.88 Å². The predicted molar refractivity (Wildman–Crippen MR) is 129 cm³/mol. The van der Waals surface area contributed by atoms with Gasteiger partial charge in [0, 0.05) is 62.9 Å². The van der Waals surface area contributed by atoms with Crippen LogP contribution in [-0.2, 0) is 6.42 Å². The van der Waals surface area contributed by atoms with Crippen LogP contribution in [0.1, 0.15) is 19.7 Å². The van der Waals surface area contributed by atoms with Crippen molar-refractivity contribution in [3.8, 4) is 5.88 Å². The van der Waals surface area contributed by atoms with Crippen molar-refractivity contribution in [3.63, 3.8) is 0 Å². The van der Waals surface area contributed by atoms with Crippen LogP contribution in [0.25, 0.3) is 0 Å². The largest absolute Gasteiger partial charge is 0.476 e. The van der Waals surface area contributed by atoms with E-state index in [1.54, 1.807) is 18.3 Å². The van der Waals surface area contributed by atoms with E-state index in [0.717, 1.165) is 56.1 Å². The number of hydrogen-bond donors (Lipinski definition) is 1. The number of halogens is 2. The highest BCUT2D eigenvalue weighted by Crippen LogP contribution is 2.19. The summed E-state index contributed by atoms with van der Waals surface area (Å²) in [6, 6.07) is 3.52. The lowest BCUT2D eigenvalue weighted by Crippen LogP contribution is -2.52. The average molecular weight is 552 g/mol. The number of aromatic nitrogens is 3. The quantitative estimate of drug-likeness (QED) is 0.245. The molecule has 0 saturated carbocycles. The number of piperazine rings is 1. The van der Waals surface area contributed by atoms with Gasteiger partial charge in [-0.15, -0.1) is 24.0 Å². The van der Waals surface area contributed by atoms with Crippen molar-refractivity contribution < 1.29 is 4.74 Å². The second kappa shape index (κ2) is 12.3. The lowest BCUT2D eigenvalue weighted by Gasteiger charge is -2.36. The maximum atomic E-state index is 5.83. The molecule has 2 aromatic heterocycles. The molecule has 8 nitrogen and oxygen atoms in total. The van der Waals surface area contributed by atoms with E-state index in [2.05, 4.69) is 43.3 Å². The molecule has 0 amide bonds. The summed E-state index contributed by atoms with van der Waals surface area (Å²) in [4.78, 5) is 18.0. The second-order valence-electron chi connectivity index (χ2n) is 6.22. The van der Waals surface area contributed by atoms with Gasteiger partial charge in [0.15, 0.2) is 5.96 Å². The molecule has 1 fully saturated rings. The Morgan fingerprint density at radius 2 is 2.07 bits per heavy atom. The van der Waals surface area contributed by atoms with E-state index in [4.69, 9.17) is 21.3 Å². The first-order chi connectivity index (χ1) is 13.7. The summed E-state index contributed by atoms with van der Waals surface area (Å²) in [6.07, 6.45) is 2.45. The van der Waals surface area contributed by atoms with Crippen LogP contribution in [0.2, 0.25) is 5.02 Å². The summed E-state index contributed by atoms with van der Waals surface area (Å²) >= 11 is 7.32. The van der Waals surface area contributed by atoms with E-state index in [-0.39, 0.29) is 24.0 Å². The van der Waals surface area contributed by atoms with E-state index < -0.39 is 0 Å². The molecule has 1 saturated heterocycles. The summed E-state index contributed by atoms with van der Waals surface area (Å²) in [7, 11) is 0. The van der Waals surface area contributed by atoms with Crippen molar-refractivity contribution in [3.05, 3.63) is 29.2 Å². The van der Waals surface area contributed by atoms with Gasteiger partial charge < -0.3 is 19.9 Å². The molecule has 29 heavy (non-hydrogen) atoms. The maximum absolute atomic E-state index is 5.83. The monoisotopic (exact) mass is 551 g/mol. The van der Waals surface area contributed by atoms with Gasteiger partial charge in [0.05, 0.1) is 11.6 Å². The van der Waals surface area contributed by atoms with Crippen molar-refractivity contribution >= 4 is 58.2 Å². The first-order valence-electron chi connectivity index (χ1n) is 9.54. The first kappa shape index (κ1) is 23.9. The first-order valence-corrected chi connectivity index (χ1v) is 10.7. The number of pyridine rings is 1. The summed E-state index contributed by atoms with van der Waals surface area (Å²) in [6.45, 7) is 9.62. The zero-order chi connectivity index (χ0) is 19.8. The molecular formula is C18H27ClIN7OS. The standard InChI is InChI=1S/C18H26ClN7OS.HI/c1-3-15-23-18(28-24-15)26-10-8-25(9-11-26)17(20-4-2)21-7-12-27-16-6-5-14(19)13-22-16;/h5-6,13H,3-4,7-12H2,1-2H3,(H,20,21);1H. The van der Waals surface area contributed by atoms with Crippen LogP contribution in [0.3, 0.4) is 0 Å². The van der Waals surface area contributed by atoms with Crippen molar-refractivity contribution in [1.82, 2.24) is 24.6 Å². The van der Waals surface area contributed by atoms with E-state index in [1.165, 1.54) is 11.5 Å². The lowest BCUT2D eigenvalue weighted by atomic mass is 10.3. The zero-order valence-corrected chi connectivity index (χ0v) is 20.6. The molecule has 1 aliphatic rings. The minimum atomic E-state index is 0. The molecule has 2 aromatic rings. The van der Waals surface area contributed by atoms with E-state index in [0.29, 0.717) is 24.1 Å². The molecule has 11 heteroatoms. The van der Waals surface area contributed by atoms with E-state index in [9.17, 15) is 0 Å². The third kappa shape index (κ3) is 7.10. The highest BCUT2D eigenvalue weighted by Gasteiger charge is 2.21. The molecule has 0 spiro atoms. The smallest absolute Gasteiger partial charge is 0.213 e. The Kier molecular flexibility index (Phi) is 10.2. The minimum Gasteiger partial charge on any atom is -0.476 e. The number of nitrogens with one attached hydrogen (secondary N) is 1. The van der Waals surface area contributed by atoms with E-state index >= 15 is 0 Å². The van der Waals surface area contributed by atoms with Gasteiger partial charge in [-0.3, -0.25) is 0 Å². The highest BCUT2D eigenvalue weighted by molar-refractivity contribution is 14.0. The molecule has 0 radical (unpaired) electrons. The Balaban J connectivity index is 0.00000300. The molecule has 0 aromatic carbocycles. The molecule has 3 heterocycles. The Bertz CT molecular complexity index is 766. The van der Waals surface area contributed by atoms with Gasteiger partial charge in [-0.1, -0.05) is 18.5 Å². The number of rotatable bonds is 7. The van der Waals surface area contributed by atoms with Gasteiger partial charge >= 0.3 is 0 Å². The molecular weight excluding hydrogens is 525 g/mol. The topological polar surface area (TPSA) is 78.8 Å². The average Bonchev–Trinajstić information content (AvgIpc) is 3.21. The second-order valence-corrected chi connectivity index (χ2v) is 7.39. The molecule has 0 bridgehead atoms. The molecule has 0 unspecified atom stereocenters. The molecule has 160 valence electrons. The summed E-state index contributed by atoms with van der Waals surface area (Å²) in [5.41, 5.74) is 0. The van der Waals surface area contributed by atoms with Crippen molar-refractivity contribution in [2.75, 3.05) is 50.8 Å². The van der Waals surface area contributed by atoms with Crippen LogP contribution in [0.15, 0.2) is 23.3 Å². The zero-order valence-electron chi connectivity index (χ0n) is 16.7. The summed E-state index contributed by atoms with van der Waals surface area (Å²) in [5.74, 6) is 2.40. The number of aliphatic imine (C=N–C) groups is 1. The van der Waals surface area contributed by atoms with Crippen molar-refractivity contribution in [2.45, 2.75) is 20.3 Å². The van der Waals surface area contributed by atoms with Crippen molar-refractivity contribution in [2.24, 2.45) is 4.99 Å². The number of nitrogens with zero attached hydrogens (tertiary/aromatic N) is 6. The lowest BCUT2D eigenvalue weighted by molar-refractivity contribution is 0.313. The fourth-order valence-corrected chi connectivity index (χ4v) is 3.71. The molecule has 0 atom stereocenters. The predicted octanol–water partition coefficient (Wildman–Crippen LogP) is 2.93. The molecule has 0 aliphatic carbocycles. The van der Waals surface area contributed by atoms with Crippen molar-refractivity contribution in [1.29, 1.82) is 0 Å².